The lowest BCUT2D eigenvalue weighted by Crippen LogP contribution is -2.13. The van der Waals surface area contributed by atoms with E-state index in [1.54, 1.807) is 4.68 Å². The van der Waals surface area contributed by atoms with Gasteiger partial charge in [0.25, 0.3) is 0 Å². The zero-order chi connectivity index (χ0) is 28.7. The van der Waals surface area contributed by atoms with Crippen molar-refractivity contribution in [2.75, 3.05) is 0 Å². The van der Waals surface area contributed by atoms with Gasteiger partial charge in [-0.15, -0.1) is 0 Å². The lowest BCUT2D eigenvalue weighted by molar-refractivity contribution is -0.347. The van der Waals surface area contributed by atoms with Gasteiger partial charge in [0.15, 0.2) is 0 Å². The Morgan fingerprint density at radius 2 is 0.975 bits per heavy atom. The molecule has 0 spiro atoms. The molecule has 0 amide bonds. The molecule has 2 aromatic carbocycles. The summed E-state index contributed by atoms with van der Waals surface area (Å²) in [6.45, 7) is 11.4. The average Bonchev–Trinajstić information content (AvgIpc) is 3.30. The minimum absolute atomic E-state index is 1.03. The van der Waals surface area contributed by atoms with Crippen molar-refractivity contribution in [3.8, 4) is 0 Å². The Morgan fingerprint density at radius 1 is 0.550 bits per heavy atom. The number of benzene rings is 2. The second-order valence-corrected chi connectivity index (χ2v) is 11.9. The van der Waals surface area contributed by atoms with E-state index in [-0.39, 0.29) is 0 Å². The Morgan fingerprint density at radius 3 is 1.40 bits per heavy atom. The Balaban J connectivity index is 2.12. The van der Waals surface area contributed by atoms with Crippen LogP contribution in [0.2, 0.25) is 0 Å². The van der Waals surface area contributed by atoms with Gasteiger partial charge in [0.1, 0.15) is 0 Å². The van der Waals surface area contributed by atoms with Crippen LogP contribution in [0, 0.1) is 0 Å². The summed E-state index contributed by atoms with van der Waals surface area (Å²) in [4.78, 5) is 0. The van der Waals surface area contributed by atoms with Crippen LogP contribution in [0.5, 0.6) is 0 Å². The number of rotatable bonds is 18. The third-order valence-corrected chi connectivity index (χ3v) is 8.15. The van der Waals surface area contributed by atoms with Crippen molar-refractivity contribution in [2.24, 2.45) is 0 Å². The SMILES string of the molecule is CCCCCC=C1C=C(c2cc(CCCC)cc(CCCC)c2)[N+]([NH-])=C1c1cc(CCCC)cc(CCCC)c1. The number of hydrogen-bond acceptors (Lipinski definition) is 0. The van der Waals surface area contributed by atoms with Crippen LogP contribution in [0.1, 0.15) is 145 Å². The number of allylic oxidation sites excluding steroid dienone is 3. The van der Waals surface area contributed by atoms with Crippen molar-refractivity contribution in [1.29, 1.82) is 0 Å². The fraction of sp³-hybridized carbons (Fsp3) is 0.553. The van der Waals surface area contributed by atoms with Crippen LogP contribution in [0.25, 0.3) is 11.5 Å². The van der Waals surface area contributed by atoms with Crippen molar-refractivity contribution < 1.29 is 4.68 Å². The van der Waals surface area contributed by atoms with E-state index in [0.29, 0.717) is 0 Å². The fourth-order valence-corrected chi connectivity index (χ4v) is 5.76. The van der Waals surface area contributed by atoms with Gasteiger partial charge >= 0.3 is 0 Å². The normalized spacial score (nSPS) is 14.4. The summed E-state index contributed by atoms with van der Waals surface area (Å²) >= 11 is 0. The second kappa shape index (κ2) is 17.3. The maximum Gasteiger partial charge on any atom is 0.215 e. The molecule has 0 atom stereocenters. The molecule has 0 unspecified atom stereocenters. The van der Waals surface area contributed by atoms with Crippen molar-refractivity contribution in [1.82, 2.24) is 0 Å². The Bertz CT molecular complexity index is 1110. The van der Waals surface area contributed by atoms with Gasteiger partial charge in [-0.3, -0.25) is 0 Å². The third kappa shape index (κ3) is 9.22. The summed E-state index contributed by atoms with van der Waals surface area (Å²) < 4.78 is 1.76. The molecule has 1 heterocycles. The van der Waals surface area contributed by atoms with Gasteiger partial charge in [0, 0.05) is 22.8 Å². The summed E-state index contributed by atoms with van der Waals surface area (Å²) in [6, 6.07) is 14.3. The number of nitrogens with zero attached hydrogens (tertiary/aromatic N) is 1. The molecule has 1 aliphatic heterocycles. The molecule has 0 saturated carbocycles. The van der Waals surface area contributed by atoms with Crippen LogP contribution in [-0.4, -0.2) is 10.4 Å². The summed E-state index contributed by atoms with van der Waals surface area (Å²) in [5.41, 5.74) is 11.4. The van der Waals surface area contributed by atoms with Crippen LogP contribution in [0.3, 0.4) is 0 Å². The molecule has 0 bridgehead atoms. The van der Waals surface area contributed by atoms with E-state index in [1.165, 1.54) is 110 Å². The lowest BCUT2D eigenvalue weighted by Gasteiger charge is -2.13. The quantitative estimate of drug-likeness (QED) is 0.133. The molecular formula is C38H56N2. The standard InChI is InChI=1S/C38H56N2/c1-6-11-16-17-22-34-29-37(35-25-30(18-12-7-2)23-31(26-35)19-13-8-3)40(39)38(34)36-27-32(20-14-9-4)24-33(28-36)21-15-10-5/h22-29,39H,6-21H2,1-5H3. The second-order valence-electron chi connectivity index (χ2n) is 11.9. The first-order valence-corrected chi connectivity index (χ1v) is 16.6. The van der Waals surface area contributed by atoms with Gasteiger partial charge in [-0.05, 0) is 111 Å². The highest BCUT2D eigenvalue weighted by Crippen LogP contribution is 2.32. The van der Waals surface area contributed by atoms with Crippen LogP contribution in [0.4, 0.5) is 0 Å². The third-order valence-electron chi connectivity index (χ3n) is 8.15. The van der Waals surface area contributed by atoms with Crippen molar-refractivity contribution in [2.45, 2.75) is 137 Å². The van der Waals surface area contributed by atoms with Crippen LogP contribution in [-0.2, 0) is 25.7 Å². The van der Waals surface area contributed by atoms with Gasteiger partial charge in [0.05, 0.1) is 0 Å². The number of hydrogen-bond donors (Lipinski definition) is 0. The Kier molecular flexibility index (Phi) is 13.8. The topological polar surface area (TPSA) is 26.8 Å². The van der Waals surface area contributed by atoms with Gasteiger partial charge in [-0.1, -0.05) is 91.4 Å². The zero-order valence-electron chi connectivity index (χ0n) is 26.4. The molecule has 0 fully saturated rings. The van der Waals surface area contributed by atoms with Gasteiger partial charge in [-0.2, -0.15) is 0 Å². The van der Waals surface area contributed by atoms with E-state index in [2.05, 4.69) is 83.2 Å². The fourth-order valence-electron chi connectivity index (χ4n) is 5.76. The van der Waals surface area contributed by atoms with Crippen LogP contribution < -0.4 is 0 Å². The monoisotopic (exact) mass is 540 g/mol. The van der Waals surface area contributed by atoms with E-state index in [1.807, 2.05) is 0 Å². The number of unbranched alkanes of at least 4 members (excludes halogenated alkanes) is 7. The first-order valence-electron chi connectivity index (χ1n) is 16.6. The minimum atomic E-state index is 1.03. The van der Waals surface area contributed by atoms with Crippen LogP contribution >= 0.6 is 0 Å². The molecule has 0 aliphatic carbocycles. The van der Waals surface area contributed by atoms with Gasteiger partial charge in [-0.25, -0.2) is 4.68 Å². The molecule has 2 nitrogen and oxygen atoms in total. The largest absolute Gasteiger partial charge is 0.448 e. The molecule has 1 N–H and O–H groups in total. The van der Waals surface area contributed by atoms with E-state index >= 15 is 0 Å². The van der Waals surface area contributed by atoms with E-state index in [0.717, 1.165) is 43.5 Å². The Hall–Kier alpha value is -2.61. The highest BCUT2D eigenvalue weighted by Gasteiger charge is 2.29. The maximum atomic E-state index is 9.49. The number of aryl methyl sites for hydroxylation is 4. The van der Waals surface area contributed by atoms with Crippen molar-refractivity contribution in [3.63, 3.8) is 0 Å². The molecule has 2 aromatic rings. The maximum absolute atomic E-state index is 9.49. The van der Waals surface area contributed by atoms with Gasteiger partial charge < -0.3 is 5.84 Å². The smallest absolute Gasteiger partial charge is 0.215 e. The predicted molar refractivity (Wildman–Crippen MR) is 176 cm³/mol. The molecule has 0 saturated heterocycles. The van der Waals surface area contributed by atoms with E-state index in [9.17, 15) is 5.84 Å². The molecule has 1 aliphatic rings. The summed E-state index contributed by atoms with van der Waals surface area (Å²) in [6.07, 6.45) is 23.6. The van der Waals surface area contributed by atoms with E-state index in [4.69, 9.17) is 0 Å². The molecule has 0 radical (unpaired) electrons. The molecular weight excluding hydrogens is 484 g/mol. The minimum Gasteiger partial charge on any atom is -0.448 e. The summed E-state index contributed by atoms with van der Waals surface area (Å²) in [5.74, 6) is 9.49. The van der Waals surface area contributed by atoms with Crippen LogP contribution in [0.15, 0.2) is 54.1 Å². The number of nitrogens with one attached hydrogen (secondary N) is 1. The molecule has 2 heteroatoms. The summed E-state index contributed by atoms with van der Waals surface area (Å²) in [7, 11) is 0. The highest BCUT2D eigenvalue weighted by molar-refractivity contribution is 6.15. The van der Waals surface area contributed by atoms with Crippen molar-refractivity contribution in [3.05, 3.63) is 93.3 Å². The molecule has 3 rings (SSSR count). The predicted octanol–water partition coefficient (Wildman–Crippen LogP) is 11.4. The highest BCUT2D eigenvalue weighted by atomic mass is 15.3. The van der Waals surface area contributed by atoms with Gasteiger partial charge in [0.2, 0.25) is 11.4 Å². The zero-order valence-corrected chi connectivity index (χ0v) is 26.4. The average molecular weight is 541 g/mol. The first-order chi connectivity index (χ1) is 19.5. The molecule has 218 valence electrons. The first kappa shape index (κ1) is 31.9. The lowest BCUT2D eigenvalue weighted by atomic mass is 9.94. The molecule has 40 heavy (non-hydrogen) atoms. The molecule has 0 aromatic heterocycles. The Labute approximate surface area is 246 Å². The van der Waals surface area contributed by atoms with Crippen molar-refractivity contribution >= 4 is 11.4 Å². The summed E-state index contributed by atoms with van der Waals surface area (Å²) in [5, 5.41) is 0. The van der Waals surface area contributed by atoms with E-state index < -0.39 is 0 Å².